The van der Waals surface area contributed by atoms with E-state index in [0.29, 0.717) is 17.7 Å². The SMILES string of the molecule is N#Cc1ccc(N2C(=O)C3(CCN(Cc4ccccc4)CC3)CC2O)cc1. The van der Waals surface area contributed by atoms with Crippen molar-refractivity contribution in [3.05, 3.63) is 65.7 Å². The van der Waals surface area contributed by atoms with Gasteiger partial charge in [-0.15, -0.1) is 0 Å². The minimum absolute atomic E-state index is 0.0130. The zero-order valence-corrected chi connectivity index (χ0v) is 15.2. The molecular formula is C22H23N3O2. The van der Waals surface area contributed by atoms with Gasteiger partial charge in [-0.3, -0.25) is 14.6 Å². The maximum absolute atomic E-state index is 13.2. The van der Waals surface area contributed by atoms with Crippen molar-refractivity contribution in [2.24, 2.45) is 5.41 Å². The second kappa shape index (κ2) is 7.15. The first-order valence-corrected chi connectivity index (χ1v) is 9.39. The first-order chi connectivity index (χ1) is 13.1. The fourth-order valence-corrected chi connectivity index (χ4v) is 4.30. The minimum Gasteiger partial charge on any atom is -0.373 e. The van der Waals surface area contributed by atoms with Gasteiger partial charge in [0, 0.05) is 18.7 Å². The first-order valence-electron chi connectivity index (χ1n) is 9.39. The molecule has 0 bridgehead atoms. The van der Waals surface area contributed by atoms with Gasteiger partial charge in [0.1, 0.15) is 6.23 Å². The number of hydrogen-bond acceptors (Lipinski definition) is 4. The molecule has 5 heteroatoms. The number of nitrogens with zero attached hydrogens (tertiary/aromatic N) is 3. The molecule has 0 radical (unpaired) electrons. The van der Waals surface area contributed by atoms with Crippen LogP contribution < -0.4 is 4.90 Å². The number of rotatable bonds is 3. The number of amides is 1. The lowest BCUT2D eigenvalue weighted by Crippen LogP contribution is -2.44. The van der Waals surface area contributed by atoms with Crippen LogP contribution in [0.4, 0.5) is 5.69 Å². The quantitative estimate of drug-likeness (QED) is 0.913. The Kier molecular flexibility index (Phi) is 4.69. The summed E-state index contributed by atoms with van der Waals surface area (Å²) in [6.45, 7) is 2.61. The third-order valence-corrected chi connectivity index (χ3v) is 5.88. The molecule has 2 saturated heterocycles. The molecule has 138 valence electrons. The molecule has 1 unspecified atom stereocenters. The van der Waals surface area contributed by atoms with Gasteiger partial charge in [0.05, 0.1) is 17.0 Å². The first kappa shape index (κ1) is 17.7. The van der Waals surface area contributed by atoms with Crippen LogP contribution in [0.1, 0.15) is 30.4 Å². The molecule has 1 N–H and O–H groups in total. The lowest BCUT2D eigenvalue weighted by Gasteiger charge is -2.37. The normalized spacial score (nSPS) is 22.1. The van der Waals surface area contributed by atoms with Crippen LogP contribution in [0.3, 0.4) is 0 Å². The molecule has 0 aliphatic carbocycles. The van der Waals surface area contributed by atoms with Gasteiger partial charge in [0.15, 0.2) is 0 Å². The van der Waals surface area contributed by atoms with Crippen molar-refractivity contribution >= 4 is 11.6 Å². The molecule has 5 nitrogen and oxygen atoms in total. The molecule has 1 spiro atoms. The van der Waals surface area contributed by atoms with Crippen LogP contribution >= 0.6 is 0 Å². The maximum atomic E-state index is 13.2. The number of carbonyl (C=O) groups excluding carboxylic acids is 1. The minimum atomic E-state index is -0.800. The topological polar surface area (TPSA) is 67.6 Å². The van der Waals surface area contributed by atoms with Crippen LogP contribution in [0.5, 0.6) is 0 Å². The van der Waals surface area contributed by atoms with Crippen molar-refractivity contribution in [2.45, 2.75) is 32.0 Å². The standard InChI is InChI=1S/C22H23N3O2/c23-15-17-6-8-19(9-7-17)25-20(26)14-22(21(25)27)10-12-24(13-11-22)16-18-4-2-1-3-5-18/h1-9,20,26H,10-14,16H2. The van der Waals surface area contributed by atoms with E-state index in [0.717, 1.165) is 32.5 Å². The number of anilines is 1. The smallest absolute Gasteiger partial charge is 0.235 e. The van der Waals surface area contributed by atoms with Gasteiger partial charge >= 0.3 is 0 Å². The third-order valence-electron chi connectivity index (χ3n) is 5.88. The average molecular weight is 361 g/mol. The number of carbonyl (C=O) groups is 1. The fourth-order valence-electron chi connectivity index (χ4n) is 4.30. The maximum Gasteiger partial charge on any atom is 0.235 e. The van der Waals surface area contributed by atoms with Gasteiger partial charge in [0.2, 0.25) is 5.91 Å². The molecule has 2 aromatic rings. The van der Waals surface area contributed by atoms with E-state index in [1.807, 2.05) is 18.2 Å². The van der Waals surface area contributed by atoms with Crippen LogP contribution in [0.15, 0.2) is 54.6 Å². The molecular weight excluding hydrogens is 338 g/mol. The van der Waals surface area contributed by atoms with Crippen molar-refractivity contribution in [3.63, 3.8) is 0 Å². The van der Waals surface area contributed by atoms with E-state index in [1.54, 1.807) is 24.3 Å². The third kappa shape index (κ3) is 3.34. The molecule has 0 saturated carbocycles. The Balaban J connectivity index is 1.45. The number of aliphatic hydroxyl groups is 1. The highest BCUT2D eigenvalue weighted by molar-refractivity contribution is 6.00. The van der Waals surface area contributed by atoms with Crippen LogP contribution in [-0.2, 0) is 11.3 Å². The number of piperidine rings is 1. The molecule has 2 fully saturated rings. The fraction of sp³-hybridized carbons (Fsp3) is 0.364. The summed E-state index contributed by atoms with van der Waals surface area (Å²) < 4.78 is 0. The summed E-state index contributed by atoms with van der Waals surface area (Å²) in [6.07, 6.45) is 1.21. The number of benzene rings is 2. The van der Waals surface area contributed by atoms with Gasteiger partial charge in [-0.1, -0.05) is 30.3 Å². The Labute approximate surface area is 159 Å². The summed E-state index contributed by atoms with van der Waals surface area (Å²) in [7, 11) is 0. The zero-order valence-electron chi connectivity index (χ0n) is 15.2. The monoisotopic (exact) mass is 361 g/mol. The van der Waals surface area contributed by atoms with Crippen LogP contribution in [-0.4, -0.2) is 35.2 Å². The van der Waals surface area contributed by atoms with Crippen LogP contribution in [0.2, 0.25) is 0 Å². The highest BCUT2D eigenvalue weighted by Gasteiger charge is 2.52. The van der Waals surface area contributed by atoms with Crippen molar-refractivity contribution < 1.29 is 9.90 Å². The Morgan fingerprint density at radius 1 is 1.07 bits per heavy atom. The van der Waals surface area contributed by atoms with Crippen molar-refractivity contribution in [1.29, 1.82) is 5.26 Å². The molecule has 2 heterocycles. The molecule has 0 aromatic heterocycles. The lowest BCUT2D eigenvalue weighted by molar-refractivity contribution is -0.128. The summed E-state index contributed by atoms with van der Waals surface area (Å²) >= 11 is 0. The van der Waals surface area contributed by atoms with E-state index < -0.39 is 11.6 Å². The number of aliphatic hydroxyl groups excluding tert-OH is 1. The molecule has 4 rings (SSSR count). The molecule has 1 atom stereocenters. The van der Waals surface area contributed by atoms with Crippen molar-refractivity contribution in [2.75, 3.05) is 18.0 Å². The summed E-state index contributed by atoms with van der Waals surface area (Å²) in [5, 5.41) is 19.5. The Bertz CT molecular complexity index is 849. The highest BCUT2D eigenvalue weighted by atomic mass is 16.3. The van der Waals surface area contributed by atoms with Crippen molar-refractivity contribution in [1.82, 2.24) is 4.90 Å². The van der Waals surface area contributed by atoms with Crippen LogP contribution in [0, 0.1) is 16.7 Å². The number of hydrogen-bond donors (Lipinski definition) is 1. The lowest BCUT2D eigenvalue weighted by atomic mass is 9.76. The average Bonchev–Trinajstić information content (AvgIpc) is 2.94. The van der Waals surface area contributed by atoms with Gasteiger partial charge < -0.3 is 5.11 Å². The number of likely N-dealkylation sites (tertiary alicyclic amines) is 1. The van der Waals surface area contributed by atoms with E-state index in [4.69, 9.17) is 5.26 Å². The van der Waals surface area contributed by atoms with Gasteiger partial charge in [-0.2, -0.15) is 5.26 Å². The Hall–Kier alpha value is -2.68. The second-order valence-corrected chi connectivity index (χ2v) is 7.56. The molecule has 1 amide bonds. The Morgan fingerprint density at radius 2 is 1.74 bits per heavy atom. The largest absolute Gasteiger partial charge is 0.373 e. The van der Waals surface area contributed by atoms with Gasteiger partial charge in [-0.05, 0) is 55.8 Å². The second-order valence-electron chi connectivity index (χ2n) is 7.56. The van der Waals surface area contributed by atoms with Crippen LogP contribution in [0.25, 0.3) is 0 Å². The van der Waals surface area contributed by atoms with Gasteiger partial charge in [-0.25, -0.2) is 0 Å². The molecule has 2 aliphatic heterocycles. The molecule has 27 heavy (non-hydrogen) atoms. The van der Waals surface area contributed by atoms with Crippen molar-refractivity contribution in [3.8, 4) is 6.07 Å². The number of nitriles is 1. The van der Waals surface area contributed by atoms with E-state index in [2.05, 4.69) is 23.1 Å². The molecule has 2 aliphatic rings. The van der Waals surface area contributed by atoms with E-state index in [9.17, 15) is 9.90 Å². The summed E-state index contributed by atoms with van der Waals surface area (Å²) in [6, 6.07) is 19.3. The zero-order chi connectivity index (χ0) is 18.9. The highest BCUT2D eigenvalue weighted by Crippen LogP contribution is 2.45. The summed E-state index contributed by atoms with van der Waals surface area (Å²) in [4.78, 5) is 17.1. The van der Waals surface area contributed by atoms with Gasteiger partial charge in [0.25, 0.3) is 0 Å². The molecule has 2 aromatic carbocycles. The van der Waals surface area contributed by atoms with E-state index in [-0.39, 0.29) is 5.91 Å². The predicted molar refractivity (Wildman–Crippen MR) is 103 cm³/mol. The Morgan fingerprint density at radius 3 is 2.37 bits per heavy atom. The van der Waals surface area contributed by atoms with E-state index >= 15 is 0 Å². The predicted octanol–water partition coefficient (Wildman–Crippen LogP) is 2.90. The summed E-state index contributed by atoms with van der Waals surface area (Å²) in [5.41, 5.74) is 2.02. The summed E-state index contributed by atoms with van der Waals surface area (Å²) in [5.74, 6) is 0.0130. The van der Waals surface area contributed by atoms with E-state index in [1.165, 1.54) is 10.5 Å².